The number of aromatic nitrogens is 1. The minimum absolute atomic E-state index is 0.169. The lowest BCUT2D eigenvalue weighted by Gasteiger charge is -2.34. The summed E-state index contributed by atoms with van der Waals surface area (Å²) in [5.74, 6) is 0.169. The monoisotopic (exact) mass is 383 g/mol. The molecule has 1 saturated heterocycles. The van der Waals surface area contributed by atoms with Crippen LogP contribution in [-0.4, -0.2) is 46.9 Å². The van der Waals surface area contributed by atoms with E-state index in [0.717, 1.165) is 48.3 Å². The summed E-state index contributed by atoms with van der Waals surface area (Å²) in [6.07, 6.45) is 0. The molecule has 26 heavy (non-hydrogen) atoms. The molecule has 6 heteroatoms. The Morgan fingerprint density at radius 1 is 1.08 bits per heavy atom. The number of hydrogen-bond acceptors (Lipinski definition) is 5. The van der Waals surface area contributed by atoms with Crippen LogP contribution in [-0.2, 0) is 6.54 Å². The van der Waals surface area contributed by atoms with E-state index in [4.69, 9.17) is 4.98 Å². The first-order valence-corrected chi connectivity index (χ1v) is 10.5. The van der Waals surface area contributed by atoms with Gasteiger partial charge in [-0.05, 0) is 19.1 Å². The number of hydrogen-bond donors (Lipinski definition) is 0. The van der Waals surface area contributed by atoms with E-state index < -0.39 is 0 Å². The van der Waals surface area contributed by atoms with E-state index in [1.165, 1.54) is 10.4 Å². The van der Waals surface area contributed by atoms with Gasteiger partial charge >= 0.3 is 0 Å². The first-order chi connectivity index (χ1) is 12.7. The van der Waals surface area contributed by atoms with Crippen molar-refractivity contribution in [2.45, 2.75) is 13.5 Å². The third-order valence-electron chi connectivity index (χ3n) is 4.57. The minimum Gasteiger partial charge on any atom is -0.335 e. The highest BCUT2D eigenvalue weighted by Gasteiger charge is 2.23. The number of carbonyl (C=O) groups is 1. The Morgan fingerprint density at radius 2 is 1.85 bits per heavy atom. The van der Waals surface area contributed by atoms with E-state index in [-0.39, 0.29) is 5.91 Å². The van der Waals surface area contributed by atoms with Gasteiger partial charge in [0.05, 0.1) is 10.6 Å². The van der Waals surface area contributed by atoms with E-state index in [9.17, 15) is 4.79 Å². The minimum atomic E-state index is 0.169. The topological polar surface area (TPSA) is 36.4 Å². The van der Waals surface area contributed by atoms with Gasteiger partial charge in [-0.2, -0.15) is 0 Å². The van der Waals surface area contributed by atoms with Gasteiger partial charge in [0.1, 0.15) is 5.01 Å². The van der Waals surface area contributed by atoms with Crippen molar-refractivity contribution < 1.29 is 4.79 Å². The lowest BCUT2D eigenvalue weighted by atomic mass is 10.2. The number of rotatable bonds is 4. The fourth-order valence-corrected chi connectivity index (χ4v) is 4.79. The molecule has 0 atom stereocenters. The van der Waals surface area contributed by atoms with Crippen LogP contribution in [0.2, 0.25) is 0 Å². The van der Waals surface area contributed by atoms with E-state index in [1.54, 1.807) is 22.7 Å². The Kier molecular flexibility index (Phi) is 5.15. The Hall–Kier alpha value is -2.02. The molecule has 4 nitrogen and oxygen atoms in total. The van der Waals surface area contributed by atoms with Crippen LogP contribution in [0.5, 0.6) is 0 Å². The third-order valence-corrected chi connectivity index (χ3v) is 6.50. The molecule has 3 aromatic rings. The summed E-state index contributed by atoms with van der Waals surface area (Å²) in [6, 6.07) is 14.3. The van der Waals surface area contributed by atoms with Crippen molar-refractivity contribution in [2.75, 3.05) is 26.2 Å². The molecule has 2 aromatic heterocycles. The van der Waals surface area contributed by atoms with Crippen LogP contribution < -0.4 is 0 Å². The number of piperazine rings is 1. The van der Waals surface area contributed by atoms with Gasteiger partial charge in [0.25, 0.3) is 5.91 Å². The average Bonchev–Trinajstić information content (AvgIpc) is 3.32. The summed E-state index contributed by atoms with van der Waals surface area (Å²) < 4.78 is 0. The predicted octanol–water partition coefficient (Wildman–Crippen LogP) is 4.14. The number of aryl methyl sites for hydroxylation is 1. The highest BCUT2D eigenvalue weighted by molar-refractivity contribution is 7.14. The molecule has 0 N–H and O–H groups in total. The molecule has 0 saturated carbocycles. The van der Waals surface area contributed by atoms with Crippen LogP contribution in [0.4, 0.5) is 0 Å². The van der Waals surface area contributed by atoms with Crippen molar-refractivity contribution >= 4 is 28.6 Å². The lowest BCUT2D eigenvalue weighted by Crippen LogP contribution is -2.48. The van der Waals surface area contributed by atoms with Crippen molar-refractivity contribution in [3.8, 4) is 10.6 Å². The molecule has 1 aromatic carbocycles. The van der Waals surface area contributed by atoms with Gasteiger partial charge in [-0.3, -0.25) is 9.69 Å². The van der Waals surface area contributed by atoms with Gasteiger partial charge in [-0.1, -0.05) is 30.3 Å². The number of thiazole rings is 1. The van der Waals surface area contributed by atoms with Gasteiger partial charge in [-0.25, -0.2) is 4.98 Å². The summed E-state index contributed by atoms with van der Waals surface area (Å²) in [5, 5.41) is 3.22. The number of carbonyl (C=O) groups excluding carboxylic acids is 1. The summed E-state index contributed by atoms with van der Waals surface area (Å²) in [7, 11) is 0. The molecular formula is C20H21N3OS2. The molecule has 0 aliphatic carbocycles. The van der Waals surface area contributed by atoms with Crippen molar-refractivity contribution in [1.29, 1.82) is 0 Å². The molecule has 1 aliphatic heterocycles. The largest absolute Gasteiger partial charge is 0.335 e. The Balaban J connectivity index is 1.33. The van der Waals surface area contributed by atoms with Gasteiger partial charge in [-0.15, -0.1) is 22.7 Å². The van der Waals surface area contributed by atoms with Crippen molar-refractivity contribution in [1.82, 2.24) is 14.8 Å². The predicted molar refractivity (Wildman–Crippen MR) is 108 cm³/mol. The second kappa shape index (κ2) is 7.70. The van der Waals surface area contributed by atoms with Crippen LogP contribution in [0.3, 0.4) is 0 Å². The van der Waals surface area contributed by atoms with Gasteiger partial charge < -0.3 is 4.90 Å². The fourth-order valence-electron chi connectivity index (χ4n) is 3.14. The standard InChI is InChI=1S/C20H21N3OS2/c1-15-7-8-18(26-15)20(24)23-11-9-22(10-12-23)13-17-14-25-19(21-17)16-5-3-2-4-6-16/h2-8,14H,9-13H2,1H3. The van der Waals surface area contributed by atoms with E-state index >= 15 is 0 Å². The quantitative estimate of drug-likeness (QED) is 0.679. The number of nitrogens with zero attached hydrogens (tertiary/aromatic N) is 3. The molecule has 0 radical (unpaired) electrons. The normalized spacial score (nSPS) is 15.3. The van der Waals surface area contributed by atoms with Gasteiger partial charge in [0, 0.05) is 48.5 Å². The zero-order valence-electron chi connectivity index (χ0n) is 14.7. The molecule has 134 valence electrons. The SMILES string of the molecule is Cc1ccc(C(=O)N2CCN(Cc3csc(-c4ccccc4)n3)CC2)s1. The smallest absolute Gasteiger partial charge is 0.264 e. The maximum atomic E-state index is 12.5. The molecule has 0 unspecified atom stereocenters. The molecular weight excluding hydrogens is 362 g/mol. The summed E-state index contributed by atoms with van der Waals surface area (Å²) >= 11 is 3.28. The third kappa shape index (κ3) is 3.87. The average molecular weight is 384 g/mol. The van der Waals surface area contributed by atoms with Crippen molar-refractivity contribution in [2.24, 2.45) is 0 Å². The molecule has 1 amide bonds. The zero-order chi connectivity index (χ0) is 17.9. The second-order valence-electron chi connectivity index (χ2n) is 6.49. The van der Waals surface area contributed by atoms with Crippen molar-refractivity contribution in [3.05, 3.63) is 63.3 Å². The van der Waals surface area contributed by atoms with Crippen molar-refractivity contribution in [3.63, 3.8) is 0 Å². The maximum absolute atomic E-state index is 12.5. The first-order valence-electron chi connectivity index (χ1n) is 8.77. The zero-order valence-corrected chi connectivity index (χ0v) is 16.4. The number of amides is 1. The van der Waals surface area contributed by atoms with Crippen LogP contribution in [0.25, 0.3) is 10.6 Å². The maximum Gasteiger partial charge on any atom is 0.264 e. The second-order valence-corrected chi connectivity index (χ2v) is 8.63. The van der Waals surface area contributed by atoms with Crippen LogP contribution in [0.1, 0.15) is 20.2 Å². The molecule has 0 bridgehead atoms. The molecule has 3 heterocycles. The Morgan fingerprint density at radius 3 is 2.54 bits per heavy atom. The van der Waals surface area contributed by atoms with E-state index in [2.05, 4.69) is 22.4 Å². The molecule has 0 spiro atoms. The molecule has 1 aliphatic rings. The van der Waals surface area contributed by atoms with Gasteiger partial charge in [0.2, 0.25) is 0 Å². The van der Waals surface area contributed by atoms with E-state index in [1.807, 2.05) is 42.2 Å². The summed E-state index contributed by atoms with van der Waals surface area (Å²) in [5.41, 5.74) is 2.29. The molecule has 4 rings (SSSR count). The fraction of sp³-hybridized carbons (Fsp3) is 0.300. The molecule has 1 fully saturated rings. The summed E-state index contributed by atoms with van der Waals surface area (Å²) in [4.78, 5) is 23.7. The first kappa shape index (κ1) is 17.4. The highest BCUT2D eigenvalue weighted by Crippen LogP contribution is 2.24. The Bertz CT molecular complexity index is 879. The van der Waals surface area contributed by atoms with Crippen LogP contribution in [0, 0.1) is 6.92 Å². The summed E-state index contributed by atoms with van der Waals surface area (Å²) in [6.45, 7) is 6.25. The van der Waals surface area contributed by atoms with Crippen LogP contribution in [0.15, 0.2) is 47.8 Å². The van der Waals surface area contributed by atoms with E-state index in [0.29, 0.717) is 0 Å². The lowest BCUT2D eigenvalue weighted by molar-refractivity contribution is 0.0632. The Labute approximate surface area is 161 Å². The van der Waals surface area contributed by atoms with Gasteiger partial charge in [0.15, 0.2) is 0 Å². The number of benzene rings is 1. The van der Waals surface area contributed by atoms with Crippen LogP contribution >= 0.6 is 22.7 Å². The number of thiophene rings is 1. The highest BCUT2D eigenvalue weighted by atomic mass is 32.1.